The summed E-state index contributed by atoms with van der Waals surface area (Å²) in [5, 5.41) is 11.9. The van der Waals surface area contributed by atoms with Gasteiger partial charge in [-0.15, -0.1) is 0 Å². The van der Waals surface area contributed by atoms with Gasteiger partial charge in [-0.3, -0.25) is 9.78 Å². The van der Waals surface area contributed by atoms with E-state index in [1.54, 1.807) is 12.1 Å². The van der Waals surface area contributed by atoms with Crippen LogP contribution in [0.2, 0.25) is 0 Å². The molecule has 2 N–H and O–H groups in total. The van der Waals surface area contributed by atoms with Crippen LogP contribution in [-0.2, 0) is 28.5 Å². The summed E-state index contributed by atoms with van der Waals surface area (Å²) in [5.74, 6) is -1.67. The standard InChI is InChI=1S/C12H9F3N4O2.C12H16FNOS.2C2H6/c13-12(14,15)11-18-3-8(4-19-11)9-1-7(2-16-6-20)10(21)5-17-9;1-9-3-4-10(2)14(9)16(15)12-7-5-11(13)6-8-12;2*1-2/h1,3-6,21H,2H2,(H,16,20);5-10H,3-4H2,1-2H3;2*1-2H3. The predicted molar refractivity (Wildman–Crippen MR) is 150 cm³/mol. The zero-order chi connectivity index (χ0) is 31.2. The smallest absolute Gasteiger partial charge is 0.451 e. The van der Waals surface area contributed by atoms with Gasteiger partial charge in [-0.1, -0.05) is 27.7 Å². The van der Waals surface area contributed by atoms with Crippen molar-refractivity contribution >= 4 is 17.4 Å². The normalized spacial score (nSPS) is 17.0. The first-order chi connectivity index (χ1) is 19.5. The SMILES string of the molecule is CC.CC.CC1CCC(C)N1S(=O)c1ccc(F)cc1.O=CNCc1cc(-c2cnc(C(F)(F)F)nc2)ncc1O. The van der Waals surface area contributed by atoms with Gasteiger partial charge in [-0.2, -0.15) is 13.2 Å². The number of pyridine rings is 1. The third-order valence-electron chi connectivity index (χ3n) is 5.62. The second-order valence-corrected chi connectivity index (χ2v) is 9.72. The van der Waals surface area contributed by atoms with E-state index in [0.717, 1.165) is 31.4 Å². The summed E-state index contributed by atoms with van der Waals surface area (Å²) in [6.07, 6.45) is 1.12. The van der Waals surface area contributed by atoms with E-state index in [2.05, 4.69) is 34.1 Å². The Bertz CT molecular complexity index is 1220. The molecule has 0 aliphatic carbocycles. The van der Waals surface area contributed by atoms with Crippen molar-refractivity contribution in [3.63, 3.8) is 0 Å². The molecule has 0 saturated carbocycles. The molecule has 1 fully saturated rings. The van der Waals surface area contributed by atoms with Crippen LogP contribution in [0.3, 0.4) is 0 Å². The van der Waals surface area contributed by atoms with Gasteiger partial charge in [-0.05, 0) is 57.0 Å². The number of halogens is 4. The molecular weight excluding hydrogens is 562 g/mol. The van der Waals surface area contributed by atoms with Gasteiger partial charge in [0.2, 0.25) is 12.2 Å². The van der Waals surface area contributed by atoms with Crippen molar-refractivity contribution in [3.05, 3.63) is 66.1 Å². The van der Waals surface area contributed by atoms with Crippen molar-refractivity contribution in [3.8, 4) is 17.0 Å². The number of rotatable bonds is 6. The molecule has 3 aromatic rings. The minimum Gasteiger partial charge on any atom is -0.506 e. The molecule has 41 heavy (non-hydrogen) atoms. The van der Waals surface area contributed by atoms with E-state index >= 15 is 0 Å². The van der Waals surface area contributed by atoms with Gasteiger partial charge < -0.3 is 10.4 Å². The van der Waals surface area contributed by atoms with Gasteiger partial charge in [0, 0.05) is 42.1 Å². The number of hydrogen-bond acceptors (Lipinski definition) is 6. The lowest BCUT2D eigenvalue weighted by atomic mass is 10.1. The quantitative estimate of drug-likeness (QED) is 0.255. The zero-order valence-corrected chi connectivity index (χ0v) is 24.8. The van der Waals surface area contributed by atoms with Crippen LogP contribution in [0.1, 0.15) is 65.8 Å². The maximum Gasteiger partial charge on any atom is 0.451 e. The molecule has 0 bridgehead atoms. The third kappa shape index (κ3) is 10.5. The molecule has 1 amide bonds. The summed E-state index contributed by atoms with van der Waals surface area (Å²) < 4.78 is 64.2. The molecule has 1 aliphatic heterocycles. The topological polar surface area (TPSA) is 108 Å². The average molecular weight is 600 g/mol. The van der Waals surface area contributed by atoms with Crippen molar-refractivity contribution in [1.82, 2.24) is 24.6 Å². The first kappa shape index (κ1) is 35.6. The van der Waals surface area contributed by atoms with Crippen molar-refractivity contribution in [2.75, 3.05) is 0 Å². The van der Waals surface area contributed by atoms with Gasteiger partial charge in [-0.25, -0.2) is 22.9 Å². The first-order valence-corrected chi connectivity index (χ1v) is 14.3. The maximum atomic E-state index is 12.8. The minimum absolute atomic E-state index is 0.0619. The highest BCUT2D eigenvalue weighted by Gasteiger charge is 2.34. The number of amides is 1. The van der Waals surface area contributed by atoms with Gasteiger partial charge in [0.05, 0.1) is 16.8 Å². The van der Waals surface area contributed by atoms with Crippen LogP contribution >= 0.6 is 0 Å². The molecule has 0 spiro atoms. The minimum atomic E-state index is -4.61. The van der Waals surface area contributed by atoms with Crippen LogP contribution in [0, 0.1) is 5.82 Å². The number of aromatic hydroxyl groups is 1. The van der Waals surface area contributed by atoms with E-state index in [1.165, 1.54) is 18.2 Å². The van der Waals surface area contributed by atoms with E-state index < -0.39 is 23.0 Å². The molecule has 3 unspecified atom stereocenters. The maximum absolute atomic E-state index is 12.8. The molecule has 1 aromatic carbocycles. The Hall–Kier alpha value is -3.45. The Kier molecular flexibility index (Phi) is 15.1. The molecule has 13 heteroatoms. The summed E-state index contributed by atoms with van der Waals surface area (Å²) in [7, 11) is -1.16. The molecule has 3 heterocycles. The fraction of sp³-hybridized carbons (Fsp3) is 0.429. The van der Waals surface area contributed by atoms with Crippen LogP contribution in [0.25, 0.3) is 11.3 Å². The van der Waals surface area contributed by atoms with Crippen LogP contribution in [-0.4, -0.2) is 47.1 Å². The van der Waals surface area contributed by atoms with Crippen molar-refractivity contribution < 1.29 is 31.7 Å². The second-order valence-electron chi connectivity index (χ2n) is 8.33. The van der Waals surface area contributed by atoms with Crippen molar-refractivity contribution in [1.29, 1.82) is 0 Å². The van der Waals surface area contributed by atoms with Gasteiger partial charge in [0.1, 0.15) is 22.6 Å². The number of carbonyl (C=O) groups is 1. The first-order valence-electron chi connectivity index (χ1n) is 13.2. The monoisotopic (exact) mass is 599 g/mol. The Morgan fingerprint density at radius 1 is 1.00 bits per heavy atom. The summed E-state index contributed by atoms with van der Waals surface area (Å²) >= 11 is 0. The third-order valence-corrected chi connectivity index (χ3v) is 7.40. The van der Waals surface area contributed by atoms with Crippen molar-refractivity contribution in [2.45, 2.75) is 84.1 Å². The molecule has 3 atom stereocenters. The molecule has 4 rings (SSSR count). The zero-order valence-electron chi connectivity index (χ0n) is 23.9. The highest BCUT2D eigenvalue weighted by atomic mass is 32.2. The Balaban J connectivity index is 0.000000375. The molecule has 0 radical (unpaired) electrons. The largest absolute Gasteiger partial charge is 0.506 e. The fourth-order valence-corrected chi connectivity index (χ4v) is 5.20. The van der Waals surface area contributed by atoms with Crippen molar-refractivity contribution in [2.24, 2.45) is 0 Å². The number of hydrogen-bond donors (Lipinski definition) is 2. The molecule has 1 aliphatic rings. The molecule has 1 saturated heterocycles. The molecular formula is C28H37F4N5O3S. The summed E-state index contributed by atoms with van der Waals surface area (Å²) in [4.78, 5) is 21.3. The highest BCUT2D eigenvalue weighted by molar-refractivity contribution is 7.82. The predicted octanol–water partition coefficient (Wildman–Crippen LogP) is 6.28. The average Bonchev–Trinajstić information content (AvgIpc) is 3.32. The van der Waals surface area contributed by atoms with E-state index in [0.29, 0.717) is 29.0 Å². The van der Waals surface area contributed by atoms with E-state index in [-0.39, 0.29) is 29.4 Å². The number of nitrogens with zero attached hydrogens (tertiary/aromatic N) is 4. The van der Waals surface area contributed by atoms with Gasteiger partial charge >= 0.3 is 6.18 Å². The van der Waals surface area contributed by atoms with E-state index in [4.69, 9.17) is 0 Å². The lowest BCUT2D eigenvalue weighted by Crippen LogP contribution is -2.34. The summed E-state index contributed by atoms with van der Waals surface area (Å²) in [5.41, 5.74) is 0.909. The number of carbonyl (C=O) groups excluding carboxylic acids is 1. The summed E-state index contributed by atoms with van der Waals surface area (Å²) in [6.45, 7) is 12.2. The number of aromatic nitrogens is 3. The van der Waals surface area contributed by atoms with Gasteiger partial charge in [0.15, 0.2) is 0 Å². The molecule has 2 aromatic heterocycles. The Morgan fingerprint density at radius 2 is 1.54 bits per heavy atom. The highest BCUT2D eigenvalue weighted by Crippen LogP contribution is 2.29. The van der Waals surface area contributed by atoms with E-state index in [9.17, 15) is 31.7 Å². The number of benzene rings is 1. The fourth-order valence-electron chi connectivity index (χ4n) is 3.72. The van der Waals surface area contributed by atoms with E-state index in [1.807, 2.05) is 32.0 Å². The Labute approximate surface area is 240 Å². The molecule has 8 nitrogen and oxygen atoms in total. The number of nitrogens with one attached hydrogen (secondary N) is 1. The van der Waals surface area contributed by atoms with Crippen LogP contribution in [0.4, 0.5) is 17.6 Å². The second kappa shape index (κ2) is 17.4. The lowest BCUT2D eigenvalue weighted by molar-refractivity contribution is -0.145. The van der Waals surface area contributed by atoms with Crippen LogP contribution in [0.5, 0.6) is 5.75 Å². The summed E-state index contributed by atoms with van der Waals surface area (Å²) in [6, 6.07) is 8.02. The van der Waals surface area contributed by atoms with Gasteiger partial charge in [0.25, 0.3) is 0 Å². The lowest BCUT2D eigenvalue weighted by Gasteiger charge is -2.24. The van der Waals surface area contributed by atoms with Crippen LogP contribution < -0.4 is 5.32 Å². The number of alkyl halides is 3. The molecule has 226 valence electrons. The van der Waals surface area contributed by atoms with Crippen LogP contribution in [0.15, 0.2) is 53.8 Å². The Morgan fingerprint density at radius 3 is 2.02 bits per heavy atom.